The zero-order valence-corrected chi connectivity index (χ0v) is 17.7. The lowest BCUT2D eigenvalue weighted by Crippen LogP contribution is -2.45. The van der Waals surface area contributed by atoms with Gasteiger partial charge in [-0.2, -0.15) is 0 Å². The van der Waals surface area contributed by atoms with Gasteiger partial charge in [-0.15, -0.1) is 11.3 Å². The number of piperidine rings is 1. The van der Waals surface area contributed by atoms with E-state index in [1.165, 1.54) is 6.07 Å². The number of sulfonamides is 1. The first-order chi connectivity index (χ1) is 12.9. The second-order valence-corrected chi connectivity index (χ2v) is 11.0. The average Bonchev–Trinajstić information content (AvgIpc) is 3.08. The highest BCUT2D eigenvalue weighted by atomic mass is 79.9. The van der Waals surface area contributed by atoms with Crippen molar-refractivity contribution in [3.8, 4) is 5.75 Å². The molecule has 0 radical (unpaired) electrons. The zero-order chi connectivity index (χ0) is 19.0. The van der Waals surface area contributed by atoms with Crippen LogP contribution in [0.1, 0.15) is 36.0 Å². The number of nitrogens with zero attached hydrogens (tertiary/aromatic N) is 1. The van der Waals surface area contributed by atoms with E-state index in [1.807, 2.05) is 4.90 Å². The Labute approximate surface area is 170 Å². The van der Waals surface area contributed by atoms with Crippen molar-refractivity contribution in [1.29, 1.82) is 0 Å². The molecule has 1 amide bonds. The number of anilines is 1. The number of benzene rings is 1. The quantitative estimate of drug-likeness (QED) is 0.732. The van der Waals surface area contributed by atoms with Crippen LogP contribution in [-0.4, -0.2) is 38.4 Å². The van der Waals surface area contributed by atoms with Gasteiger partial charge in [0.25, 0.3) is 15.9 Å². The fraction of sp³-hybridized carbons (Fsp3) is 0.389. The molecule has 9 heteroatoms. The van der Waals surface area contributed by atoms with Crippen molar-refractivity contribution >= 4 is 48.9 Å². The first-order valence-electron chi connectivity index (χ1n) is 8.80. The van der Waals surface area contributed by atoms with Gasteiger partial charge in [-0.25, -0.2) is 8.42 Å². The summed E-state index contributed by atoms with van der Waals surface area (Å²) in [5.74, 6) is 0.417. The van der Waals surface area contributed by atoms with Crippen molar-refractivity contribution < 1.29 is 17.9 Å². The molecule has 0 spiro atoms. The van der Waals surface area contributed by atoms with Gasteiger partial charge in [0.05, 0.1) is 16.0 Å². The molecule has 1 atom stereocenters. The van der Waals surface area contributed by atoms with Crippen LogP contribution < -0.4 is 9.46 Å². The Bertz CT molecular complexity index is 973. The monoisotopic (exact) mass is 470 g/mol. The molecule has 1 fully saturated rings. The molecule has 1 N–H and O–H groups in total. The van der Waals surface area contributed by atoms with Gasteiger partial charge in [0, 0.05) is 24.7 Å². The number of hydrogen-bond acceptors (Lipinski definition) is 5. The Balaban J connectivity index is 1.65. The van der Waals surface area contributed by atoms with Crippen LogP contribution in [0.25, 0.3) is 0 Å². The van der Waals surface area contributed by atoms with Gasteiger partial charge in [0.2, 0.25) is 0 Å². The van der Waals surface area contributed by atoms with Crippen LogP contribution in [0.5, 0.6) is 5.75 Å². The van der Waals surface area contributed by atoms with E-state index < -0.39 is 10.0 Å². The first kappa shape index (κ1) is 18.8. The van der Waals surface area contributed by atoms with Crippen LogP contribution in [0.15, 0.2) is 38.3 Å². The molecule has 1 saturated heterocycles. The van der Waals surface area contributed by atoms with Crippen molar-refractivity contribution in [2.24, 2.45) is 0 Å². The summed E-state index contributed by atoms with van der Waals surface area (Å²) >= 11 is 4.41. The Kier molecular flexibility index (Phi) is 5.17. The number of amides is 1. The fourth-order valence-electron chi connectivity index (χ4n) is 3.56. The lowest BCUT2D eigenvalue weighted by atomic mass is 9.97. The minimum atomic E-state index is -3.70. The Hall–Kier alpha value is -1.58. The van der Waals surface area contributed by atoms with E-state index in [4.69, 9.17) is 4.74 Å². The molecule has 4 rings (SSSR count). The van der Waals surface area contributed by atoms with Crippen molar-refractivity contribution in [1.82, 2.24) is 4.90 Å². The number of halogens is 1. The minimum Gasteiger partial charge on any atom is -0.493 e. The predicted octanol–water partition coefficient (Wildman–Crippen LogP) is 4.09. The van der Waals surface area contributed by atoms with Crippen LogP contribution in [0, 0.1) is 0 Å². The van der Waals surface area contributed by atoms with E-state index in [1.54, 1.807) is 24.3 Å². The maximum absolute atomic E-state index is 13.1. The molecule has 0 unspecified atom stereocenters. The lowest BCUT2D eigenvalue weighted by Gasteiger charge is -2.37. The Morgan fingerprint density at radius 1 is 1.19 bits per heavy atom. The highest BCUT2D eigenvalue weighted by Crippen LogP contribution is 2.32. The first-order valence-corrected chi connectivity index (χ1v) is 11.9. The molecule has 0 aliphatic carbocycles. The van der Waals surface area contributed by atoms with E-state index in [0.717, 1.165) is 47.4 Å². The molecular formula is C18H19BrN2O4S2. The molecule has 2 aliphatic heterocycles. The maximum Gasteiger partial charge on any atom is 0.271 e. The average molecular weight is 471 g/mol. The van der Waals surface area contributed by atoms with E-state index >= 15 is 0 Å². The highest BCUT2D eigenvalue weighted by Gasteiger charge is 2.31. The van der Waals surface area contributed by atoms with E-state index in [2.05, 4.69) is 20.7 Å². The number of rotatable bonds is 3. The van der Waals surface area contributed by atoms with Gasteiger partial charge >= 0.3 is 0 Å². The molecular weight excluding hydrogens is 452 g/mol. The number of carbonyl (C=O) groups excluding carboxylic acids is 1. The third-order valence-corrected chi connectivity index (χ3v) is 8.37. The molecule has 6 nitrogen and oxygen atoms in total. The van der Waals surface area contributed by atoms with Crippen molar-refractivity contribution in [3.63, 3.8) is 0 Å². The van der Waals surface area contributed by atoms with Crippen LogP contribution in [0.3, 0.4) is 0 Å². The summed E-state index contributed by atoms with van der Waals surface area (Å²) in [4.78, 5) is 15.0. The second kappa shape index (κ2) is 7.44. The smallest absolute Gasteiger partial charge is 0.271 e. The molecule has 2 aromatic rings. The molecule has 144 valence electrons. The minimum absolute atomic E-state index is 0.0886. The van der Waals surface area contributed by atoms with Gasteiger partial charge in [0.1, 0.15) is 9.96 Å². The van der Waals surface area contributed by atoms with Gasteiger partial charge in [-0.1, -0.05) is 0 Å². The summed E-state index contributed by atoms with van der Waals surface area (Å²) in [7, 11) is -3.70. The molecule has 1 aromatic heterocycles. The summed E-state index contributed by atoms with van der Waals surface area (Å²) in [5.41, 5.74) is 0.763. The third-order valence-electron chi connectivity index (χ3n) is 4.87. The molecule has 2 aliphatic rings. The van der Waals surface area contributed by atoms with Gasteiger partial charge in [-0.05, 0) is 65.5 Å². The number of thiophene rings is 1. The summed E-state index contributed by atoms with van der Waals surface area (Å²) in [5, 5.41) is 0. The molecule has 0 saturated carbocycles. The van der Waals surface area contributed by atoms with E-state index in [0.29, 0.717) is 23.6 Å². The molecule has 3 heterocycles. The number of hydrogen-bond donors (Lipinski definition) is 1. The summed E-state index contributed by atoms with van der Waals surface area (Å²) < 4.78 is 34.4. The van der Waals surface area contributed by atoms with Crippen LogP contribution in [0.2, 0.25) is 0 Å². The summed E-state index contributed by atoms with van der Waals surface area (Å²) in [6.07, 6.45) is 3.94. The normalized spacial score (nSPS) is 20.1. The zero-order valence-electron chi connectivity index (χ0n) is 14.5. The second-order valence-electron chi connectivity index (χ2n) is 6.66. The van der Waals surface area contributed by atoms with Crippen LogP contribution in [-0.2, 0) is 10.0 Å². The topological polar surface area (TPSA) is 75.7 Å². The highest BCUT2D eigenvalue weighted by molar-refractivity contribution is 9.11. The van der Waals surface area contributed by atoms with Gasteiger partial charge in [-0.3, -0.25) is 9.52 Å². The summed E-state index contributed by atoms with van der Waals surface area (Å²) in [6.45, 7) is 1.29. The van der Waals surface area contributed by atoms with Gasteiger partial charge in [0.15, 0.2) is 0 Å². The van der Waals surface area contributed by atoms with E-state index in [-0.39, 0.29) is 16.2 Å². The largest absolute Gasteiger partial charge is 0.493 e. The maximum atomic E-state index is 13.1. The SMILES string of the molecule is O=C1c2cc(NS(=O)(=O)c3ccc(Br)s3)ccc2OCC[C@@H]2CCCCN12. The fourth-order valence-corrected chi connectivity index (χ4v) is 6.62. The van der Waals surface area contributed by atoms with Crippen molar-refractivity contribution in [2.45, 2.75) is 35.9 Å². The number of carbonyl (C=O) groups is 1. The molecule has 0 bridgehead atoms. The predicted molar refractivity (Wildman–Crippen MR) is 108 cm³/mol. The van der Waals surface area contributed by atoms with Crippen molar-refractivity contribution in [3.05, 3.63) is 39.7 Å². The summed E-state index contributed by atoms with van der Waals surface area (Å²) in [6, 6.07) is 8.30. The number of ether oxygens (including phenoxy) is 1. The molecule has 27 heavy (non-hydrogen) atoms. The Morgan fingerprint density at radius 2 is 2.04 bits per heavy atom. The van der Waals surface area contributed by atoms with Crippen molar-refractivity contribution in [2.75, 3.05) is 17.9 Å². The van der Waals surface area contributed by atoms with Crippen LogP contribution >= 0.6 is 27.3 Å². The number of nitrogens with one attached hydrogen (secondary N) is 1. The van der Waals surface area contributed by atoms with Crippen LogP contribution in [0.4, 0.5) is 5.69 Å². The standard InChI is InChI=1S/C18H19BrN2O4S2/c19-16-6-7-17(26-16)27(23,24)20-12-4-5-15-14(11-12)18(22)21-9-2-1-3-13(21)8-10-25-15/h4-7,11,13,20H,1-3,8-10H2/t13-/m0/s1. The third kappa shape index (κ3) is 3.86. The Morgan fingerprint density at radius 3 is 2.81 bits per heavy atom. The molecule has 1 aromatic carbocycles. The lowest BCUT2D eigenvalue weighted by molar-refractivity contribution is 0.0548. The van der Waals surface area contributed by atoms with Gasteiger partial charge < -0.3 is 9.64 Å². The number of fused-ring (bicyclic) bond motifs is 2. The van der Waals surface area contributed by atoms with E-state index in [9.17, 15) is 13.2 Å².